The molecule has 0 aliphatic carbocycles. The van der Waals surface area contributed by atoms with Crippen molar-refractivity contribution in [2.75, 3.05) is 25.1 Å². The van der Waals surface area contributed by atoms with Gasteiger partial charge in [-0.3, -0.25) is 0 Å². The molecule has 0 unspecified atom stereocenters. The van der Waals surface area contributed by atoms with Crippen LogP contribution >= 0.6 is 0 Å². The Bertz CT molecular complexity index is 231. The highest BCUT2D eigenvalue weighted by molar-refractivity contribution is 7.90. The van der Waals surface area contributed by atoms with Crippen molar-refractivity contribution in [3.8, 4) is 0 Å². The topological polar surface area (TPSA) is 46.2 Å². The second-order valence-corrected chi connectivity index (χ2v) is 5.17. The Hall–Kier alpha value is -0.350. The first kappa shape index (κ1) is 11.6. The van der Waals surface area contributed by atoms with Crippen LogP contribution in [0.25, 0.3) is 0 Å². The summed E-state index contributed by atoms with van der Waals surface area (Å²) in [5, 5.41) is 3.01. The summed E-state index contributed by atoms with van der Waals surface area (Å²) in [6, 6.07) is 0. The molecule has 0 aliphatic heterocycles. The molecule has 0 radical (unpaired) electrons. The molecule has 0 aromatic heterocycles. The van der Waals surface area contributed by atoms with Crippen LogP contribution in [0, 0.1) is 0 Å². The molecule has 3 nitrogen and oxygen atoms in total. The van der Waals surface area contributed by atoms with Crippen LogP contribution in [0.2, 0.25) is 0 Å². The monoisotopic (exact) mass is 191 g/mol. The zero-order chi connectivity index (χ0) is 9.61. The first-order valence-corrected chi connectivity index (χ1v) is 6.07. The number of nitrogens with one attached hydrogen (secondary N) is 1. The van der Waals surface area contributed by atoms with Crippen LogP contribution in [-0.2, 0) is 9.84 Å². The molecule has 0 rings (SSSR count). The van der Waals surface area contributed by atoms with Gasteiger partial charge < -0.3 is 5.32 Å². The number of rotatable bonds is 6. The van der Waals surface area contributed by atoms with Gasteiger partial charge in [-0.15, -0.1) is 0 Å². The SMILES string of the molecule is C=C(CC)CNCCS(C)(=O)=O. The number of hydrogen-bond donors (Lipinski definition) is 1. The van der Waals surface area contributed by atoms with Gasteiger partial charge in [-0.1, -0.05) is 19.1 Å². The van der Waals surface area contributed by atoms with Crippen LogP contribution in [0.3, 0.4) is 0 Å². The molecule has 0 aromatic carbocycles. The Morgan fingerprint density at radius 1 is 1.50 bits per heavy atom. The van der Waals surface area contributed by atoms with Crippen LogP contribution in [0.4, 0.5) is 0 Å². The first-order chi connectivity index (χ1) is 5.45. The molecular weight excluding hydrogens is 174 g/mol. The lowest BCUT2D eigenvalue weighted by Crippen LogP contribution is -2.23. The van der Waals surface area contributed by atoms with Gasteiger partial charge in [-0.2, -0.15) is 0 Å². The van der Waals surface area contributed by atoms with Crippen molar-refractivity contribution < 1.29 is 8.42 Å². The van der Waals surface area contributed by atoms with Crippen molar-refractivity contribution >= 4 is 9.84 Å². The number of hydrogen-bond acceptors (Lipinski definition) is 3. The van der Waals surface area contributed by atoms with Crippen LogP contribution in [-0.4, -0.2) is 33.5 Å². The van der Waals surface area contributed by atoms with Gasteiger partial charge in [0.1, 0.15) is 9.84 Å². The highest BCUT2D eigenvalue weighted by Crippen LogP contribution is 1.92. The van der Waals surface area contributed by atoms with Crippen molar-refractivity contribution in [1.82, 2.24) is 5.32 Å². The maximum atomic E-state index is 10.7. The Morgan fingerprint density at radius 3 is 2.50 bits per heavy atom. The third-order valence-corrected chi connectivity index (χ3v) is 2.47. The molecule has 0 spiro atoms. The average molecular weight is 191 g/mol. The molecule has 4 heteroatoms. The van der Waals surface area contributed by atoms with Gasteiger partial charge in [0.05, 0.1) is 5.75 Å². The molecule has 0 saturated heterocycles. The van der Waals surface area contributed by atoms with Gasteiger partial charge in [0, 0.05) is 19.3 Å². The summed E-state index contributed by atoms with van der Waals surface area (Å²) in [5.74, 6) is 0.198. The van der Waals surface area contributed by atoms with Crippen LogP contribution in [0.1, 0.15) is 13.3 Å². The van der Waals surface area contributed by atoms with Crippen molar-refractivity contribution in [3.63, 3.8) is 0 Å². The van der Waals surface area contributed by atoms with E-state index in [9.17, 15) is 8.42 Å². The predicted molar refractivity (Wildman–Crippen MR) is 52.0 cm³/mol. The number of sulfone groups is 1. The van der Waals surface area contributed by atoms with Gasteiger partial charge in [0.2, 0.25) is 0 Å². The highest BCUT2D eigenvalue weighted by Gasteiger charge is 2.00. The van der Waals surface area contributed by atoms with Crippen molar-refractivity contribution in [3.05, 3.63) is 12.2 Å². The third-order valence-electron chi connectivity index (χ3n) is 1.52. The summed E-state index contributed by atoms with van der Waals surface area (Å²) in [6.07, 6.45) is 2.18. The van der Waals surface area contributed by atoms with Crippen LogP contribution in [0.15, 0.2) is 12.2 Å². The van der Waals surface area contributed by atoms with Crippen molar-refractivity contribution in [1.29, 1.82) is 0 Å². The fourth-order valence-corrected chi connectivity index (χ4v) is 1.16. The molecule has 1 N–H and O–H groups in total. The zero-order valence-electron chi connectivity index (χ0n) is 7.76. The van der Waals surface area contributed by atoms with E-state index < -0.39 is 9.84 Å². The lowest BCUT2D eigenvalue weighted by atomic mass is 10.2. The maximum absolute atomic E-state index is 10.7. The summed E-state index contributed by atoms with van der Waals surface area (Å²) < 4.78 is 21.4. The molecule has 0 saturated carbocycles. The van der Waals surface area contributed by atoms with Gasteiger partial charge in [0.25, 0.3) is 0 Å². The van der Waals surface area contributed by atoms with E-state index in [1.54, 1.807) is 0 Å². The van der Waals surface area contributed by atoms with E-state index in [0.717, 1.165) is 12.0 Å². The molecule has 72 valence electrons. The Labute approximate surface area is 74.8 Å². The summed E-state index contributed by atoms with van der Waals surface area (Å²) >= 11 is 0. The summed E-state index contributed by atoms with van der Waals surface area (Å²) in [4.78, 5) is 0. The smallest absolute Gasteiger partial charge is 0.148 e. The molecule has 0 bridgehead atoms. The van der Waals surface area contributed by atoms with Gasteiger partial charge in [-0.05, 0) is 6.42 Å². The minimum atomic E-state index is -2.82. The van der Waals surface area contributed by atoms with Crippen LogP contribution < -0.4 is 5.32 Å². The van der Waals surface area contributed by atoms with Crippen LogP contribution in [0.5, 0.6) is 0 Å². The summed E-state index contributed by atoms with van der Waals surface area (Å²) in [7, 11) is -2.82. The fourth-order valence-electron chi connectivity index (χ4n) is 0.648. The van der Waals surface area contributed by atoms with E-state index in [4.69, 9.17) is 0 Å². The second kappa shape index (κ2) is 5.32. The third kappa shape index (κ3) is 7.75. The molecular formula is C8H17NO2S. The maximum Gasteiger partial charge on any atom is 0.148 e. The van der Waals surface area contributed by atoms with Gasteiger partial charge in [-0.25, -0.2) is 8.42 Å². The minimum Gasteiger partial charge on any atom is -0.312 e. The first-order valence-electron chi connectivity index (χ1n) is 4.01. The molecule has 12 heavy (non-hydrogen) atoms. The fraction of sp³-hybridized carbons (Fsp3) is 0.750. The molecule has 0 aromatic rings. The summed E-state index contributed by atoms with van der Waals surface area (Å²) in [5.41, 5.74) is 1.10. The second-order valence-electron chi connectivity index (χ2n) is 2.91. The van der Waals surface area contributed by atoms with Gasteiger partial charge >= 0.3 is 0 Å². The largest absolute Gasteiger partial charge is 0.312 e. The van der Waals surface area contributed by atoms with E-state index in [0.29, 0.717) is 13.1 Å². The quantitative estimate of drug-likeness (QED) is 0.493. The normalized spacial score (nSPS) is 11.5. The lowest BCUT2D eigenvalue weighted by molar-refractivity contribution is 0.598. The van der Waals surface area contributed by atoms with E-state index in [1.165, 1.54) is 6.26 Å². The Kier molecular flexibility index (Phi) is 5.17. The highest BCUT2D eigenvalue weighted by atomic mass is 32.2. The predicted octanol–water partition coefficient (Wildman–Crippen LogP) is 0.587. The standard InChI is InChI=1S/C8H17NO2S/c1-4-8(2)7-9-5-6-12(3,10)11/h9H,2,4-7H2,1,3H3. The van der Waals surface area contributed by atoms with Crippen molar-refractivity contribution in [2.45, 2.75) is 13.3 Å². The zero-order valence-corrected chi connectivity index (χ0v) is 8.58. The van der Waals surface area contributed by atoms with E-state index in [-0.39, 0.29) is 5.75 Å². The molecule has 0 atom stereocenters. The molecule has 0 amide bonds. The van der Waals surface area contributed by atoms with E-state index in [2.05, 4.69) is 11.9 Å². The van der Waals surface area contributed by atoms with E-state index in [1.807, 2.05) is 6.92 Å². The Morgan fingerprint density at radius 2 is 2.08 bits per heavy atom. The van der Waals surface area contributed by atoms with Gasteiger partial charge in [0.15, 0.2) is 0 Å². The summed E-state index contributed by atoms with van der Waals surface area (Å²) in [6.45, 7) is 7.05. The lowest BCUT2D eigenvalue weighted by Gasteiger charge is -2.04. The minimum absolute atomic E-state index is 0.198. The Balaban J connectivity index is 3.40. The molecule has 0 heterocycles. The van der Waals surface area contributed by atoms with Crippen molar-refractivity contribution in [2.24, 2.45) is 0 Å². The molecule has 0 fully saturated rings. The van der Waals surface area contributed by atoms with E-state index >= 15 is 0 Å². The molecule has 0 aliphatic rings. The average Bonchev–Trinajstić information content (AvgIpc) is 1.96.